The minimum Gasteiger partial charge on any atom is -0.497 e. The van der Waals surface area contributed by atoms with Gasteiger partial charge >= 0.3 is 5.97 Å². The third-order valence-corrected chi connectivity index (χ3v) is 3.14. The average molecular weight is 296 g/mol. The Labute approximate surface area is 125 Å². The van der Waals surface area contributed by atoms with Gasteiger partial charge in [-0.2, -0.15) is 0 Å². The highest BCUT2D eigenvalue weighted by molar-refractivity contribution is 5.69. The van der Waals surface area contributed by atoms with Gasteiger partial charge in [0.1, 0.15) is 11.5 Å². The largest absolute Gasteiger partial charge is 0.497 e. The number of aliphatic hydroxyl groups is 1. The molecule has 1 aromatic rings. The van der Waals surface area contributed by atoms with Crippen LogP contribution in [-0.2, 0) is 9.53 Å². The quantitative estimate of drug-likeness (QED) is 0.560. The summed E-state index contributed by atoms with van der Waals surface area (Å²) in [6, 6.07) is 5.19. The van der Waals surface area contributed by atoms with Crippen molar-refractivity contribution in [1.29, 1.82) is 0 Å². The smallest absolute Gasteiger partial charge is 0.305 e. The van der Waals surface area contributed by atoms with E-state index < -0.39 is 6.10 Å². The highest BCUT2D eigenvalue weighted by Gasteiger charge is 2.13. The summed E-state index contributed by atoms with van der Waals surface area (Å²) in [5, 5.41) is 10.2. The van der Waals surface area contributed by atoms with Gasteiger partial charge in [-0.3, -0.25) is 4.79 Å². The van der Waals surface area contributed by atoms with Crippen LogP contribution in [0.2, 0.25) is 0 Å². The summed E-state index contributed by atoms with van der Waals surface area (Å²) < 4.78 is 15.4. The molecular formula is C16H24O5. The molecule has 118 valence electrons. The van der Waals surface area contributed by atoms with E-state index in [1.807, 2.05) is 6.92 Å². The molecule has 5 nitrogen and oxygen atoms in total. The molecule has 1 atom stereocenters. The summed E-state index contributed by atoms with van der Waals surface area (Å²) in [4.78, 5) is 11.5. The Morgan fingerprint density at radius 2 is 1.81 bits per heavy atom. The second kappa shape index (κ2) is 9.23. The van der Waals surface area contributed by atoms with E-state index in [1.165, 1.54) is 0 Å². The van der Waals surface area contributed by atoms with E-state index in [4.69, 9.17) is 14.2 Å². The standard InChI is InChI=1S/C16H24O5/c1-4-5-8-21-16(18)7-6-15(17)12-9-13(19-2)11-14(10-12)20-3/h9-11,15,17H,4-8H2,1-3H3. The minimum atomic E-state index is -0.757. The summed E-state index contributed by atoms with van der Waals surface area (Å²) in [5.74, 6) is 0.931. The fourth-order valence-corrected chi connectivity index (χ4v) is 1.85. The maximum Gasteiger partial charge on any atom is 0.305 e. The van der Waals surface area contributed by atoms with Crippen LogP contribution in [0.15, 0.2) is 18.2 Å². The summed E-state index contributed by atoms with van der Waals surface area (Å²) in [6.07, 6.45) is 1.58. The third-order valence-electron chi connectivity index (χ3n) is 3.14. The molecule has 0 saturated carbocycles. The topological polar surface area (TPSA) is 65.0 Å². The molecule has 1 N–H and O–H groups in total. The van der Waals surface area contributed by atoms with Crippen molar-refractivity contribution in [2.75, 3.05) is 20.8 Å². The van der Waals surface area contributed by atoms with Crippen LogP contribution in [0.1, 0.15) is 44.3 Å². The van der Waals surface area contributed by atoms with Crippen LogP contribution in [0.4, 0.5) is 0 Å². The molecule has 21 heavy (non-hydrogen) atoms. The maximum atomic E-state index is 11.5. The number of hydrogen-bond donors (Lipinski definition) is 1. The number of ether oxygens (including phenoxy) is 3. The van der Waals surface area contributed by atoms with Crippen molar-refractivity contribution >= 4 is 5.97 Å². The van der Waals surface area contributed by atoms with Crippen LogP contribution in [0, 0.1) is 0 Å². The fourth-order valence-electron chi connectivity index (χ4n) is 1.85. The van der Waals surface area contributed by atoms with E-state index in [9.17, 15) is 9.90 Å². The first-order valence-corrected chi connectivity index (χ1v) is 7.17. The van der Waals surface area contributed by atoms with E-state index in [1.54, 1.807) is 32.4 Å². The van der Waals surface area contributed by atoms with Crippen molar-refractivity contribution in [3.63, 3.8) is 0 Å². The molecule has 0 radical (unpaired) electrons. The lowest BCUT2D eigenvalue weighted by atomic mass is 10.0. The Hall–Kier alpha value is -1.75. The SMILES string of the molecule is CCCCOC(=O)CCC(O)c1cc(OC)cc(OC)c1. The van der Waals surface area contributed by atoms with Gasteiger partial charge in [-0.15, -0.1) is 0 Å². The van der Waals surface area contributed by atoms with Gasteiger partial charge in [0.05, 0.1) is 26.9 Å². The van der Waals surface area contributed by atoms with Gasteiger partial charge in [0.15, 0.2) is 0 Å². The molecule has 0 spiro atoms. The lowest BCUT2D eigenvalue weighted by Gasteiger charge is -2.13. The average Bonchev–Trinajstić information content (AvgIpc) is 2.52. The van der Waals surface area contributed by atoms with Crippen LogP contribution in [-0.4, -0.2) is 31.9 Å². The lowest BCUT2D eigenvalue weighted by Crippen LogP contribution is -2.08. The summed E-state index contributed by atoms with van der Waals surface area (Å²) in [6.45, 7) is 2.48. The molecule has 1 unspecified atom stereocenters. The van der Waals surface area contributed by atoms with Crippen LogP contribution >= 0.6 is 0 Å². The first-order valence-electron chi connectivity index (χ1n) is 7.17. The molecule has 0 bridgehead atoms. The number of carbonyl (C=O) groups excluding carboxylic acids is 1. The second-order valence-corrected chi connectivity index (χ2v) is 4.77. The number of hydrogen-bond acceptors (Lipinski definition) is 5. The Morgan fingerprint density at radius 3 is 2.33 bits per heavy atom. The van der Waals surface area contributed by atoms with Crippen molar-refractivity contribution in [3.05, 3.63) is 23.8 Å². The number of rotatable bonds is 9. The molecule has 0 fully saturated rings. The van der Waals surface area contributed by atoms with Crippen molar-refractivity contribution in [2.24, 2.45) is 0 Å². The van der Waals surface area contributed by atoms with Crippen molar-refractivity contribution in [2.45, 2.75) is 38.7 Å². The highest BCUT2D eigenvalue weighted by atomic mass is 16.5. The molecule has 0 amide bonds. The van der Waals surface area contributed by atoms with E-state index >= 15 is 0 Å². The number of benzene rings is 1. The maximum absolute atomic E-state index is 11.5. The van der Waals surface area contributed by atoms with Crippen LogP contribution < -0.4 is 9.47 Å². The number of esters is 1. The van der Waals surface area contributed by atoms with Gasteiger partial charge in [-0.05, 0) is 30.5 Å². The van der Waals surface area contributed by atoms with Crippen LogP contribution in [0.5, 0.6) is 11.5 Å². The zero-order chi connectivity index (χ0) is 15.7. The van der Waals surface area contributed by atoms with Crippen molar-refractivity contribution in [1.82, 2.24) is 0 Å². The monoisotopic (exact) mass is 296 g/mol. The summed E-state index contributed by atoms with van der Waals surface area (Å²) in [5.41, 5.74) is 0.660. The molecule has 1 rings (SSSR count). The third kappa shape index (κ3) is 6.04. The van der Waals surface area contributed by atoms with E-state index in [0.29, 0.717) is 30.1 Å². The molecule has 0 aliphatic carbocycles. The van der Waals surface area contributed by atoms with E-state index in [-0.39, 0.29) is 12.4 Å². The predicted octanol–water partition coefficient (Wildman–Crippen LogP) is 2.86. The highest BCUT2D eigenvalue weighted by Crippen LogP contribution is 2.28. The number of aliphatic hydroxyl groups excluding tert-OH is 1. The molecule has 0 aromatic heterocycles. The number of methoxy groups -OCH3 is 2. The molecule has 0 aliphatic heterocycles. The number of carbonyl (C=O) groups is 1. The van der Waals surface area contributed by atoms with Crippen LogP contribution in [0.25, 0.3) is 0 Å². The Morgan fingerprint density at radius 1 is 1.19 bits per heavy atom. The van der Waals surface area contributed by atoms with Gasteiger partial charge in [0.25, 0.3) is 0 Å². The second-order valence-electron chi connectivity index (χ2n) is 4.77. The fraction of sp³-hybridized carbons (Fsp3) is 0.562. The zero-order valence-corrected chi connectivity index (χ0v) is 12.9. The van der Waals surface area contributed by atoms with Gasteiger partial charge in [-0.25, -0.2) is 0 Å². The normalized spacial score (nSPS) is 11.8. The zero-order valence-electron chi connectivity index (χ0n) is 12.9. The minimum absolute atomic E-state index is 0.185. The molecule has 0 heterocycles. The Bertz CT molecular complexity index is 422. The van der Waals surface area contributed by atoms with Gasteiger partial charge in [0, 0.05) is 12.5 Å². The first-order chi connectivity index (χ1) is 10.1. The lowest BCUT2D eigenvalue weighted by molar-refractivity contribution is -0.144. The Kier molecular flexibility index (Phi) is 7.61. The summed E-state index contributed by atoms with van der Waals surface area (Å²) in [7, 11) is 3.10. The molecule has 1 aromatic carbocycles. The van der Waals surface area contributed by atoms with E-state index in [0.717, 1.165) is 12.8 Å². The van der Waals surface area contributed by atoms with E-state index in [2.05, 4.69) is 0 Å². The predicted molar refractivity (Wildman–Crippen MR) is 79.6 cm³/mol. The molecule has 0 aliphatic rings. The molecular weight excluding hydrogens is 272 g/mol. The molecule has 5 heteroatoms. The van der Waals surface area contributed by atoms with Crippen molar-refractivity contribution < 1.29 is 24.1 Å². The summed E-state index contributed by atoms with van der Waals surface area (Å²) >= 11 is 0. The van der Waals surface area contributed by atoms with Gasteiger partial charge < -0.3 is 19.3 Å². The first kappa shape index (κ1) is 17.3. The van der Waals surface area contributed by atoms with Crippen LogP contribution in [0.3, 0.4) is 0 Å². The van der Waals surface area contributed by atoms with Crippen molar-refractivity contribution in [3.8, 4) is 11.5 Å². The number of unbranched alkanes of at least 4 members (excludes halogenated alkanes) is 1. The van der Waals surface area contributed by atoms with Gasteiger partial charge in [0.2, 0.25) is 0 Å². The Balaban J connectivity index is 2.54. The van der Waals surface area contributed by atoms with Gasteiger partial charge in [-0.1, -0.05) is 13.3 Å². The molecule has 0 saturated heterocycles.